The van der Waals surface area contributed by atoms with E-state index < -0.39 is 5.60 Å². The molecule has 0 amide bonds. The van der Waals surface area contributed by atoms with Crippen molar-refractivity contribution in [2.24, 2.45) is 0 Å². The van der Waals surface area contributed by atoms with Crippen molar-refractivity contribution in [2.75, 3.05) is 21.1 Å². The fraction of sp³-hybridized carbons (Fsp3) is 0.538. The molecule has 0 fully saturated rings. The van der Waals surface area contributed by atoms with Gasteiger partial charge in [-0.3, -0.25) is 0 Å². The molecule has 1 aromatic rings. The molecule has 1 aromatic carbocycles. The van der Waals surface area contributed by atoms with Crippen molar-refractivity contribution in [3.63, 3.8) is 0 Å². The highest BCUT2D eigenvalue weighted by Gasteiger charge is 2.16. The summed E-state index contributed by atoms with van der Waals surface area (Å²) in [4.78, 5) is 0. The molecular weight excluding hydrogens is 186 g/mol. The van der Waals surface area contributed by atoms with Gasteiger partial charge in [0.2, 0.25) is 0 Å². The highest BCUT2D eigenvalue weighted by Crippen LogP contribution is 2.20. The zero-order valence-electron chi connectivity index (χ0n) is 10.4. The first-order valence-corrected chi connectivity index (χ1v) is 5.31. The minimum atomic E-state index is -0.741. The van der Waals surface area contributed by atoms with Crippen LogP contribution in [0, 0.1) is 0 Å². The minimum absolute atomic E-state index is 0.741. The first-order valence-electron chi connectivity index (χ1n) is 5.31. The summed E-state index contributed by atoms with van der Waals surface area (Å²) in [7, 11) is 6.51. The summed E-state index contributed by atoms with van der Waals surface area (Å²) in [6, 6.07) is 8.20. The Morgan fingerprint density at radius 3 is 1.87 bits per heavy atom. The highest BCUT2D eigenvalue weighted by molar-refractivity contribution is 5.25. The second kappa shape index (κ2) is 3.95. The summed E-state index contributed by atoms with van der Waals surface area (Å²) in [6.45, 7) is 4.62. The van der Waals surface area contributed by atoms with Crippen LogP contribution in [0.15, 0.2) is 24.3 Å². The molecule has 0 radical (unpaired) electrons. The van der Waals surface area contributed by atoms with Gasteiger partial charge in [-0.25, -0.2) is 0 Å². The van der Waals surface area contributed by atoms with Gasteiger partial charge in [-0.15, -0.1) is 0 Å². The number of hydrogen-bond acceptors (Lipinski definition) is 1. The zero-order valence-corrected chi connectivity index (χ0v) is 10.4. The molecule has 0 spiro atoms. The van der Waals surface area contributed by atoms with Crippen LogP contribution < -0.4 is 0 Å². The van der Waals surface area contributed by atoms with E-state index in [0.29, 0.717) is 0 Å². The SMILES string of the molecule is CC(C)(O)c1ccc(C[N+](C)(C)C)cc1. The molecule has 2 heteroatoms. The van der Waals surface area contributed by atoms with Crippen LogP contribution in [0.1, 0.15) is 25.0 Å². The Bertz CT molecular complexity index is 314. The molecular formula is C13H22NO+. The summed E-state index contributed by atoms with van der Waals surface area (Å²) in [5.41, 5.74) is 1.53. The van der Waals surface area contributed by atoms with E-state index in [-0.39, 0.29) is 0 Å². The predicted octanol–water partition coefficient (Wildman–Crippen LogP) is 2.12. The highest BCUT2D eigenvalue weighted by atomic mass is 16.3. The van der Waals surface area contributed by atoms with Crippen LogP contribution in [-0.2, 0) is 12.1 Å². The molecule has 0 saturated carbocycles. The first kappa shape index (κ1) is 12.2. The summed E-state index contributed by atoms with van der Waals surface area (Å²) in [5.74, 6) is 0. The van der Waals surface area contributed by atoms with Gasteiger partial charge in [-0.1, -0.05) is 24.3 Å². The number of quaternary nitrogens is 1. The maximum absolute atomic E-state index is 9.81. The van der Waals surface area contributed by atoms with Crippen LogP contribution in [0.3, 0.4) is 0 Å². The molecule has 15 heavy (non-hydrogen) atoms. The first-order chi connectivity index (χ1) is 6.68. The Kier molecular flexibility index (Phi) is 3.22. The van der Waals surface area contributed by atoms with Crippen molar-refractivity contribution in [1.29, 1.82) is 0 Å². The molecule has 0 unspecified atom stereocenters. The van der Waals surface area contributed by atoms with E-state index in [4.69, 9.17) is 0 Å². The average molecular weight is 208 g/mol. The number of benzene rings is 1. The van der Waals surface area contributed by atoms with Crippen molar-refractivity contribution in [3.8, 4) is 0 Å². The number of rotatable bonds is 3. The fourth-order valence-corrected chi connectivity index (χ4v) is 1.57. The van der Waals surface area contributed by atoms with E-state index in [0.717, 1.165) is 16.6 Å². The summed E-state index contributed by atoms with van der Waals surface area (Å²) < 4.78 is 0.919. The van der Waals surface area contributed by atoms with Crippen molar-refractivity contribution in [1.82, 2.24) is 0 Å². The molecule has 84 valence electrons. The summed E-state index contributed by atoms with van der Waals surface area (Å²) in [5, 5.41) is 9.81. The third kappa shape index (κ3) is 4.02. The van der Waals surface area contributed by atoms with Gasteiger partial charge in [0.25, 0.3) is 0 Å². The van der Waals surface area contributed by atoms with Crippen LogP contribution in [0.4, 0.5) is 0 Å². The van der Waals surface area contributed by atoms with Gasteiger partial charge in [0.05, 0.1) is 26.7 Å². The topological polar surface area (TPSA) is 20.2 Å². The van der Waals surface area contributed by atoms with Gasteiger partial charge in [-0.2, -0.15) is 0 Å². The molecule has 0 aliphatic carbocycles. The minimum Gasteiger partial charge on any atom is -0.386 e. The van der Waals surface area contributed by atoms with E-state index in [1.54, 1.807) is 0 Å². The molecule has 1 N–H and O–H groups in total. The number of hydrogen-bond donors (Lipinski definition) is 1. The third-order valence-corrected chi connectivity index (χ3v) is 2.32. The second-order valence-electron chi connectivity index (χ2n) is 5.70. The number of aliphatic hydroxyl groups is 1. The molecule has 0 saturated heterocycles. The van der Waals surface area contributed by atoms with Crippen LogP contribution >= 0.6 is 0 Å². The molecule has 0 atom stereocenters. The molecule has 0 aromatic heterocycles. The van der Waals surface area contributed by atoms with Crippen LogP contribution in [0.25, 0.3) is 0 Å². The van der Waals surface area contributed by atoms with E-state index in [1.165, 1.54) is 5.56 Å². The smallest absolute Gasteiger partial charge is 0.104 e. The van der Waals surface area contributed by atoms with Crippen molar-refractivity contribution in [3.05, 3.63) is 35.4 Å². The summed E-state index contributed by atoms with van der Waals surface area (Å²) in [6.07, 6.45) is 0. The van der Waals surface area contributed by atoms with Crippen molar-refractivity contribution < 1.29 is 9.59 Å². The van der Waals surface area contributed by atoms with Crippen LogP contribution in [0.2, 0.25) is 0 Å². The van der Waals surface area contributed by atoms with Crippen molar-refractivity contribution >= 4 is 0 Å². The standard InChI is InChI=1S/C13H22NO/c1-13(2,15)12-8-6-11(7-9-12)10-14(3,4)5/h6-9,15H,10H2,1-5H3/q+1. The molecule has 0 aliphatic heterocycles. The lowest BCUT2D eigenvalue weighted by Crippen LogP contribution is -2.33. The van der Waals surface area contributed by atoms with E-state index in [9.17, 15) is 5.11 Å². The Labute approximate surface area is 92.8 Å². The predicted molar refractivity (Wildman–Crippen MR) is 63.4 cm³/mol. The normalized spacial score (nSPS) is 12.9. The summed E-state index contributed by atoms with van der Waals surface area (Å²) >= 11 is 0. The van der Waals surface area contributed by atoms with Crippen LogP contribution in [0.5, 0.6) is 0 Å². The molecule has 1 rings (SSSR count). The lowest BCUT2D eigenvalue weighted by atomic mass is 9.97. The lowest BCUT2D eigenvalue weighted by molar-refractivity contribution is -0.884. The second-order valence-corrected chi connectivity index (χ2v) is 5.70. The van der Waals surface area contributed by atoms with Gasteiger partial charge in [0.15, 0.2) is 0 Å². The van der Waals surface area contributed by atoms with E-state index in [2.05, 4.69) is 33.3 Å². The number of nitrogens with zero attached hydrogens (tertiary/aromatic N) is 1. The maximum Gasteiger partial charge on any atom is 0.104 e. The maximum atomic E-state index is 9.81. The van der Waals surface area contributed by atoms with Gasteiger partial charge in [-0.05, 0) is 19.4 Å². The van der Waals surface area contributed by atoms with E-state index >= 15 is 0 Å². The van der Waals surface area contributed by atoms with Gasteiger partial charge < -0.3 is 9.59 Å². The Morgan fingerprint density at radius 2 is 1.53 bits per heavy atom. The van der Waals surface area contributed by atoms with Crippen LogP contribution in [-0.4, -0.2) is 30.7 Å². The quantitative estimate of drug-likeness (QED) is 0.754. The Balaban J connectivity index is 2.82. The Hall–Kier alpha value is -0.860. The fourth-order valence-electron chi connectivity index (χ4n) is 1.57. The zero-order chi connectivity index (χ0) is 11.7. The van der Waals surface area contributed by atoms with Gasteiger partial charge >= 0.3 is 0 Å². The average Bonchev–Trinajstić information content (AvgIpc) is 2.00. The molecule has 0 heterocycles. The van der Waals surface area contributed by atoms with Gasteiger partial charge in [0.1, 0.15) is 6.54 Å². The molecule has 2 nitrogen and oxygen atoms in total. The van der Waals surface area contributed by atoms with Crippen molar-refractivity contribution in [2.45, 2.75) is 26.0 Å². The largest absolute Gasteiger partial charge is 0.386 e. The monoisotopic (exact) mass is 208 g/mol. The third-order valence-electron chi connectivity index (χ3n) is 2.32. The molecule has 0 aliphatic rings. The molecule has 0 bridgehead atoms. The van der Waals surface area contributed by atoms with Gasteiger partial charge in [0, 0.05) is 5.56 Å². The lowest BCUT2D eigenvalue weighted by Gasteiger charge is -2.24. The Morgan fingerprint density at radius 1 is 1.07 bits per heavy atom. The van der Waals surface area contributed by atoms with E-state index in [1.807, 2.05) is 26.0 Å².